The molecule has 0 fully saturated rings. The number of aryl methyl sites for hydroxylation is 3. The molecule has 2 heterocycles. The highest BCUT2D eigenvalue weighted by molar-refractivity contribution is 7.21. The van der Waals surface area contributed by atoms with E-state index in [1.165, 1.54) is 28.2 Å². The molecule has 1 amide bonds. The van der Waals surface area contributed by atoms with Crippen molar-refractivity contribution in [2.75, 3.05) is 11.9 Å². The third-order valence-electron chi connectivity index (χ3n) is 6.58. The summed E-state index contributed by atoms with van der Waals surface area (Å²) in [5, 5.41) is 6.58. The molecule has 0 spiro atoms. The van der Waals surface area contributed by atoms with Crippen LogP contribution in [0.3, 0.4) is 0 Å². The Morgan fingerprint density at radius 2 is 1.63 bits per heavy atom. The standard InChI is InChI=1S/C32H29NO3S2/c1-5-36-32(35)28-26(23-15-12-20(3)16-21(23)4)18-37-31(28)33-30(34)29-25(17-22-13-10-19(2)11-14-22)24-8-6-7-9-27(24)38-29/h6-16,18H,5,17H2,1-4H3,(H,33,34). The van der Waals surface area contributed by atoms with Gasteiger partial charge in [-0.15, -0.1) is 22.7 Å². The average molecular weight is 540 g/mol. The number of fused-ring (bicyclic) bond motifs is 1. The number of thiophene rings is 2. The first-order chi connectivity index (χ1) is 18.4. The predicted octanol–water partition coefficient (Wildman–Crippen LogP) is 8.57. The van der Waals surface area contributed by atoms with E-state index in [1.54, 1.807) is 6.92 Å². The first-order valence-electron chi connectivity index (χ1n) is 12.6. The first kappa shape index (κ1) is 25.9. The van der Waals surface area contributed by atoms with Gasteiger partial charge in [-0.1, -0.05) is 71.8 Å². The monoisotopic (exact) mass is 539 g/mol. The van der Waals surface area contributed by atoms with Crippen LogP contribution in [0.15, 0.2) is 72.1 Å². The van der Waals surface area contributed by atoms with Gasteiger partial charge in [0.15, 0.2) is 0 Å². The highest BCUT2D eigenvalue weighted by Crippen LogP contribution is 2.39. The molecule has 0 unspecified atom stereocenters. The van der Waals surface area contributed by atoms with E-state index >= 15 is 0 Å². The summed E-state index contributed by atoms with van der Waals surface area (Å²) in [6.07, 6.45) is 0.649. The van der Waals surface area contributed by atoms with Gasteiger partial charge < -0.3 is 10.1 Å². The number of benzene rings is 3. The fraction of sp³-hybridized carbons (Fsp3) is 0.188. The maximum atomic E-state index is 13.8. The minimum atomic E-state index is -0.435. The molecule has 0 saturated carbocycles. The summed E-state index contributed by atoms with van der Waals surface area (Å²) in [6.45, 7) is 8.18. The van der Waals surface area contributed by atoms with Crippen LogP contribution in [0, 0.1) is 20.8 Å². The Morgan fingerprint density at radius 3 is 2.37 bits per heavy atom. The topological polar surface area (TPSA) is 55.4 Å². The van der Waals surface area contributed by atoms with E-state index in [0.717, 1.165) is 43.5 Å². The fourth-order valence-corrected chi connectivity index (χ4v) is 6.76. The van der Waals surface area contributed by atoms with E-state index in [9.17, 15) is 9.59 Å². The molecule has 2 aromatic heterocycles. The Bertz CT molecular complexity index is 1640. The van der Waals surface area contributed by atoms with Gasteiger partial charge in [0, 0.05) is 15.6 Å². The van der Waals surface area contributed by atoms with Crippen LogP contribution in [0.1, 0.15) is 54.8 Å². The molecule has 0 atom stereocenters. The Hall–Kier alpha value is -3.74. The van der Waals surface area contributed by atoms with Crippen LogP contribution in [0.2, 0.25) is 0 Å². The van der Waals surface area contributed by atoms with Crippen molar-refractivity contribution in [3.63, 3.8) is 0 Å². The van der Waals surface area contributed by atoms with Gasteiger partial charge in [0.1, 0.15) is 10.6 Å². The number of carbonyl (C=O) groups excluding carboxylic acids is 2. The van der Waals surface area contributed by atoms with Crippen molar-refractivity contribution in [2.45, 2.75) is 34.1 Å². The minimum Gasteiger partial charge on any atom is -0.462 e. The van der Waals surface area contributed by atoms with Gasteiger partial charge in [-0.3, -0.25) is 4.79 Å². The van der Waals surface area contributed by atoms with Crippen molar-refractivity contribution in [3.8, 4) is 11.1 Å². The van der Waals surface area contributed by atoms with Gasteiger partial charge in [-0.2, -0.15) is 0 Å². The molecule has 4 nitrogen and oxygen atoms in total. The molecule has 0 aliphatic rings. The molecule has 1 N–H and O–H groups in total. The summed E-state index contributed by atoms with van der Waals surface area (Å²) in [7, 11) is 0. The van der Waals surface area contributed by atoms with Gasteiger partial charge in [-0.05, 0) is 67.8 Å². The SMILES string of the molecule is CCOC(=O)c1c(-c2ccc(C)cc2C)csc1NC(=O)c1sc2ccccc2c1Cc1ccc(C)cc1. The Morgan fingerprint density at radius 1 is 0.895 bits per heavy atom. The lowest BCUT2D eigenvalue weighted by Gasteiger charge is -2.11. The fourth-order valence-electron chi connectivity index (χ4n) is 4.70. The molecule has 5 rings (SSSR count). The summed E-state index contributed by atoms with van der Waals surface area (Å²) in [5.41, 5.74) is 7.69. The summed E-state index contributed by atoms with van der Waals surface area (Å²) >= 11 is 2.83. The summed E-state index contributed by atoms with van der Waals surface area (Å²) in [6, 6.07) is 22.7. The quantitative estimate of drug-likeness (QED) is 0.211. The molecule has 38 heavy (non-hydrogen) atoms. The molecule has 192 valence electrons. The molecular weight excluding hydrogens is 510 g/mol. The molecule has 0 radical (unpaired) electrons. The molecule has 0 aliphatic heterocycles. The molecule has 5 aromatic rings. The largest absolute Gasteiger partial charge is 0.462 e. The number of carbonyl (C=O) groups is 2. The van der Waals surface area contributed by atoms with Gasteiger partial charge in [-0.25, -0.2) is 4.79 Å². The molecule has 0 saturated heterocycles. The zero-order valence-corrected chi connectivity index (χ0v) is 23.5. The lowest BCUT2D eigenvalue weighted by molar-refractivity contribution is 0.0529. The van der Waals surface area contributed by atoms with Crippen LogP contribution >= 0.6 is 22.7 Å². The minimum absolute atomic E-state index is 0.215. The number of ether oxygens (including phenoxy) is 1. The Balaban J connectivity index is 1.55. The molecular formula is C32H29NO3S2. The van der Waals surface area contributed by atoms with E-state index in [0.29, 0.717) is 21.9 Å². The Labute approximate surface area is 230 Å². The van der Waals surface area contributed by atoms with Crippen molar-refractivity contribution < 1.29 is 14.3 Å². The molecule has 0 aliphatic carbocycles. The number of rotatable bonds is 7. The zero-order valence-electron chi connectivity index (χ0n) is 21.9. The van der Waals surface area contributed by atoms with Crippen LogP contribution in [0.25, 0.3) is 21.2 Å². The van der Waals surface area contributed by atoms with E-state index in [4.69, 9.17) is 4.74 Å². The lowest BCUT2D eigenvalue weighted by atomic mass is 9.97. The van der Waals surface area contributed by atoms with Crippen LogP contribution < -0.4 is 5.32 Å². The number of nitrogens with one attached hydrogen (secondary N) is 1. The van der Waals surface area contributed by atoms with Crippen molar-refractivity contribution in [2.24, 2.45) is 0 Å². The van der Waals surface area contributed by atoms with Crippen LogP contribution in [0.5, 0.6) is 0 Å². The lowest BCUT2D eigenvalue weighted by Crippen LogP contribution is -2.15. The van der Waals surface area contributed by atoms with Crippen LogP contribution in [0.4, 0.5) is 5.00 Å². The smallest absolute Gasteiger partial charge is 0.341 e. The third-order valence-corrected chi connectivity index (χ3v) is 8.68. The number of amides is 1. The van der Waals surface area contributed by atoms with Crippen molar-refractivity contribution in [3.05, 3.63) is 110 Å². The third kappa shape index (κ3) is 5.15. The van der Waals surface area contributed by atoms with Gasteiger partial charge >= 0.3 is 5.97 Å². The van der Waals surface area contributed by atoms with E-state index in [1.807, 2.05) is 49.6 Å². The number of hydrogen-bond donors (Lipinski definition) is 1. The summed E-state index contributed by atoms with van der Waals surface area (Å²) in [4.78, 5) is 27.6. The summed E-state index contributed by atoms with van der Waals surface area (Å²) < 4.78 is 6.48. The van der Waals surface area contributed by atoms with Crippen molar-refractivity contribution in [1.29, 1.82) is 0 Å². The maximum Gasteiger partial charge on any atom is 0.341 e. The van der Waals surface area contributed by atoms with Gasteiger partial charge in [0.25, 0.3) is 5.91 Å². The molecule has 3 aromatic carbocycles. The van der Waals surface area contributed by atoms with Crippen molar-refractivity contribution in [1.82, 2.24) is 0 Å². The van der Waals surface area contributed by atoms with Crippen LogP contribution in [-0.2, 0) is 11.2 Å². The highest BCUT2D eigenvalue weighted by atomic mass is 32.1. The first-order valence-corrected chi connectivity index (χ1v) is 14.3. The number of hydrogen-bond acceptors (Lipinski definition) is 5. The molecule has 6 heteroatoms. The van der Waals surface area contributed by atoms with Crippen LogP contribution in [-0.4, -0.2) is 18.5 Å². The second kappa shape index (κ2) is 10.9. The zero-order chi connectivity index (χ0) is 26.8. The van der Waals surface area contributed by atoms with Gasteiger partial charge in [0.05, 0.1) is 11.5 Å². The van der Waals surface area contributed by atoms with Crippen molar-refractivity contribution >= 4 is 49.6 Å². The predicted molar refractivity (Wildman–Crippen MR) is 159 cm³/mol. The van der Waals surface area contributed by atoms with E-state index in [-0.39, 0.29) is 12.5 Å². The number of anilines is 1. The maximum absolute atomic E-state index is 13.8. The summed E-state index contributed by atoms with van der Waals surface area (Å²) in [5.74, 6) is -0.650. The Kier molecular flexibility index (Phi) is 7.45. The normalized spacial score (nSPS) is 11.1. The highest BCUT2D eigenvalue weighted by Gasteiger charge is 2.26. The van der Waals surface area contributed by atoms with Gasteiger partial charge in [0.2, 0.25) is 0 Å². The average Bonchev–Trinajstić information content (AvgIpc) is 3.47. The van der Waals surface area contributed by atoms with E-state index in [2.05, 4.69) is 48.6 Å². The second-order valence-corrected chi connectivity index (χ2v) is 11.3. The second-order valence-electron chi connectivity index (χ2n) is 9.41. The number of esters is 1. The van der Waals surface area contributed by atoms with E-state index < -0.39 is 5.97 Å². The molecule has 0 bridgehead atoms.